The van der Waals surface area contributed by atoms with E-state index in [0.29, 0.717) is 63.7 Å². The quantitative estimate of drug-likeness (QED) is 0.279. The van der Waals surface area contributed by atoms with Crippen LogP contribution in [0.3, 0.4) is 0 Å². The summed E-state index contributed by atoms with van der Waals surface area (Å²) < 4.78 is 52.3. The Hall–Kier alpha value is -4.48. The normalized spacial score (nSPS) is 28.4. The lowest BCUT2D eigenvalue weighted by Gasteiger charge is -2.37. The standard InChI is InChI=1S/C47H66N6O10S/c1-6-35-39-33(34-26-32(14-15-36(34)48-35)61-25-22-52-20-23-60-24-21-52)16-17-46(63-39)28-38-40(54)50-47(42(56)51-64(58,59)45(5)18-19-45)27-31(47)12-10-8-7-9-11-13-37(41(55)53(38)29-46)49-43(57)62-30-44(2,3)4/h10,12,14-15,26,31,37-38H,6-9,11,13,16-25,27-30H2,1-5H3,(H,49,57)(H,50,54)(H,51,56). The molecule has 17 heteroatoms. The van der Waals surface area contributed by atoms with E-state index in [1.54, 1.807) is 6.92 Å². The summed E-state index contributed by atoms with van der Waals surface area (Å²) in [7, 11) is -4.01. The van der Waals surface area contributed by atoms with Gasteiger partial charge in [0.25, 0.3) is 5.91 Å². The lowest BCUT2D eigenvalue weighted by Crippen LogP contribution is -2.58. The number of hydrogen-bond acceptors (Lipinski definition) is 12. The molecule has 2 aliphatic carbocycles. The molecule has 5 unspecified atom stereocenters. The summed E-state index contributed by atoms with van der Waals surface area (Å²) in [6, 6.07) is 3.83. The Morgan fingerprint density at radius 2 is 1.84 bits per heavy atom. The SMILES string of the molecule is CCc1nc2ccc(OCCN3CCOCC3)cc2c2c1OC1(CC2)CC2C(=O)NC3(C(=O)NS(=O)(=O)C4(C)CC4)CC3C=CCCCCCC(NC(=O)OCC(C)(C)C)C(=O)N2C1. The average molecular weight is 907 g/mol. The number of nitrogens with one attached hydrogen (secondary N) is 3. The van der Waals surface area contributed by atoms with E-state index in [1.165, 1.54) is 4.90 Å². The van der Waals surface area contributed by atoms with Gasteiger partial charge in [-0.25, -0.2) is 18.2 Å². The number of carbonyl (C=O) groups excluding carboxylic acids is 4. The molecule has 2 saturated carbocycles. The Balaban J connectivity index is 1.10. The summed E-state index contributed by atoms with van der Waals surface area (Å²) in [5.74, 6) is -0.896. The molecular formula is C47H66N6O10S. The van der Waals surface area contributed by atoms with Gasteiger partial charge in [-0.2, -0.15) is 0 Å². The Morgan fingerprint density at radius 3 is 2.58 bits per heavy atom. The van der Waals surface area contributed by atoms with Crippen molar-refractivity contribution in [3.8, 4) is 11.5 Å². The highest BCUT2D eigenvalue weighted by Gasteiger charge is 2.64. The molecule has 4 fully saturated rings. The zero-order valence-electron chi connectivity index (χ0n) is 38.1. The number of ether oxygens (including phenoxy) is 4. The third kappa shape index (κ3) is 9.86. The van der Waals surface area contributed by atoms with E-state index in [9.17, 15) is 27.6 Å². The molecule has 16 nitrogen and oxygen atoms in total. The van der Waals surface area contributed by atoms with Crippen molar-refractivity contribution in [2.75, 3.05) is 52.6 Å². The molecule has 8 rings (SSSR count). The molecule has 5 heterocycles. The zero-order chi connectivity index (χ0) is 45.5. The van der Waals surface area contributed by atoms with E-state index in [-0.39, 0.29) is 31.4 Å². The van der Waals surface area contributed by atoms with Gasteiger partial charge in [-0.1, -0.05) is 52.7 Å². The Labute approximate surface area is 377 Å². The van der Waals surface area contributed by atoms with Gasteiger partial charge in [-0.3, -0.25) is 24.0 Å². The highest BCUT2D eigenvalue weighted by molar-refractivity contribution is 7.91. The van der Waals surface area contributed by atoms with Crippen LogP contribution < -0.4 is 24.8 Å². The number of aromatic nitrogens is 1. The molecule has 5 atom stereocenters. The third-order valence-corrected chi connectivity index (χ3v) is 16.0. The van der Waals surface area contributed by atoms with Crippen LogP contribution in [0.25, 0.3) is 10.9 Å². The second-order valence-corrected chi connectivity index (χ2v) is 22.4. The van der Waals surface area contributed by atoms with Gasteiger partial charge < -0.3 is 34.5 Å². The van der Waals surface area contributed by atoms with E-state index < -0.39 is 67.7 Å². The van der Waals surface area contributed by atoms with E-state index in [1.807, 2.05) is 58.0 Å². The van der Waals surface area contributed by atoms with Gasteiger partial charge in [-0.15, -0.1) is 0 Å². The molecule has 1 spiro atoms. The largest absolute Gasteiger partial charge is 0.492 e. The number of pyridine rings is 1. The lowest BCUT2D eigenvalue weighted by atomic mass is 9.87. The molecule has 4 amide bonds. The first-order chi connectivity index (χ1) is 30.4. The average Bonchev–Trinajstić information content (AvgIpc) is 4.15. The molecule has 6 aliphatic rings. The van der Waals surface area contributed by atoms with Gasteiger partial charge in [0.05, 0.1) is 42.3 Å². The van der Waals surface area contributed by atoms with Crippen molar-refractivity contribution in [2.24, 2.45) is 11.3 Å². The van der Waals surface area contributed by atoms with Crippen LogP contribution in [0.5, 0.6) is 11.5 Å². The first kappa shape index (κ1) is 46.1. The van der Waals surface area contributed by atoms with Gasteiger partial charge in [0.15, 0.2) is 0 Å². The summed E-state index contributed by atoms with van der Waals surface area (Å²) in [6.07, 6.45) is 9.19. The topological polar surface area (TPSA) is 195 Å². The lowest BCUT2D eigenvalue weighted by molar-refractivity contribution is -0.141. The Bertz CT molecular complexity index is 2270. The zero-order valence-corrected chi connectivity index (χ0v) is 38.9. The molecule has 1 aromatic heterocycles. The predicted octanol–water partition coefficient (Wildman–Crippen LogP) is 4.71. The molecule has 64 heavy (non-hydrogen) atoms. The van der Waals surface area contributed by atoms with E-state index in [4.69, 9.17) is 23.9 Å². The van der Waals surface area contributed by atoms with Crippen molar-refractivity contribution in [1.82, 2.24) is 30.1 Å². The molecule has 350 valence electrons. The maximum absolute atomic E-state index is 15.0. The van der Waals surface area contributed by atoms with Crippen LogP contribution in [-0.2, 0) is 46.7 Å². The number of benzene rings is 1. The van der Waals surface area contributed by atoms with Crippen LogP contribution in [0.1, 0.15) is 110 Å². The number of carbonyl (C=O) groups is 4. The van der Waals surface area contributed by atoms with E-state index in [0.717, 1.165) is 73.6 Å². The maximum atomic E-state index is 15.0. The highest BCUT2D eigenvalue weighted by Crippen LogP contribution is 2.49. The minimum absolute atomic E-state index is 0.0414. The van der Waals surface area contributed by atoms with Crippen LogP contribution in [-0.4, -0.2) is 128 Å². The molecule has 0 bridgehead atoms. The second kappa shape index (κ2) is 18.1. The van der Waals surface area contributed by atoms with Gasteiger partial charge in [0, 0.05) is 42.9 Å². The fourth-order valence-electron chi connectivity index (χ4n) is 9.49. The number of rotatable bonds is 10. The van der Waals surface area contributed by atoms with E-state index in [2.05, 4.69) is 20.3 Å². The molecule has 2 saturated heterocycles. The van der Waals surface area contributed by atoms with E-state index >= 15 is 0 Å². The van der Waals surface area contributed by atoms with Crippen molar-refractivity contribution >= 4 is 44.7 Å². The smallest absolute Gasteiger partial charge is 0.407 e. The first-order valence-corrected chi connectivity index (χ1v) is 24.8. The predicted molar refractivity (Wildman–Crippen MR) is 239 cm³/mol. The second-order valence-electron chi connectivity index (χ2n) is 20.2. The first-order valence-electron chi connectivity index (χ1n) is 23.3. The minimum atomic E-state index is -4.01. The van der Waals surface area contributed by atoms with Gasteiger partial charge in [-0.05, 0) is 88.3 Å². The molecule has 1 aromatic carbocycles. The van der Waals surface area contributed by atoms with Crippen molar-refractivity contribution in [1.29, 1.82) is 0 Å². The van der Waals surface area contributed by atoms with Crippen molar-refractivity contribution in [3.05, 3.63) is 41.6 Å². The number of hydrogen-bond donors (Lipinski definition) is 3. The summed E-state index contributed by atoms with van der Waals surface area (Å²) in [6.45, 7) is 14.2. The number of aryl methyl sites for hydroxylation is 2. The molecule has 3 N–H and O–H groups in total. The number of allylic oxidation sites excluding steroid dienone is 1. The number of sulfonamides is 1. The molecular weight excluding hydrogens is 841 g/mol. The number of nitrogens with zero attached hydrogens (tertiary/aromatic N) is 3. The monoisotopic (exact) mass is 906 g/mol. The number of morpholine rings is 1. The summed E-state index contributed by atoms with van der Waals surface area (Å²) in [5.41, 5.74) is -0.263. The van der Waals surface area contributed by atoms with Gasteiger partial charge >= 0.3 is 6.09 Å². The Kier molecular flexibility index (Phi) is 13.0. The van der Waals surface area contributed by atoms with Gasteiger partial charge in [0.2, 0.25) is 21.8 Å². The number of fused-ring (bicyclic) bond motifs is 5. The highest BCUT2D eigenvalue weighted by atomic mass is 32.2. The fourth-order valence-corrected chi connectivity index (χ4v) is 10.8. The van der Waals surface area contributed by atoms with Crippen LogP contribution in [0.15, 0.2) is 30.4 Å². The summed E-state index contributed by atoms with van der Waals surface area (Å²) in [4.78, 5) is 66.0. The van der Waals surface area contributed by atoms with Crippen LogP contribution in [0, 0.1) is 11.3 Å². The third-order valence-electron chi connectivity index (χ3n) is 13.9. The minimum Gasteiger partial charge on any atom is -0.492 e. The van der Waals surface area contributed by atoms with Crippen molar-refractivity contribution < 1.29 is 46.5 Å². The fraction of sp³-hybridized carbons (Fsp3) is 0.681. The maximum Gasteiger partial charge on any atom is 0.407 e. The van der Waals surface area contributed by atoms with Gasteiger partial charge in [0.1, 0.15) is 41.3 Å². The molecule has 0 radical (unpaired) electrons. The van der Waals surface area contributed by atoms with Crippen LogP contribution in [0.4, 0.5) is 4.79 Å². The van der Waals surface area contributed by atoms with Crippen molar-refractivity contribution in [2.45, 2.75) is 140 Å². The molecule has 4 aliphatic heterocycles. The van der Waals surface area contributed by atoms with Crippen LogP contribution >= 0.6 is 0 Å². The molecule has 2 aromatic rings. The summed E-state index contributed by atoms with van der Waals surface area (Å²) in [5, 5.41) is 6.74. The number of alkyl carbamates (subject to hydrolysis) is 1. The van der Waals surface area contributed by atoms with Crippen LogP contribution in [0.2, 0.25) is 0 Å². The number of amides is 4. The Morgan fingerprint density at radius 1 is 1.06 bits per heavy atom. The summed E-state index contributed by atoms with van der Waals surface area (Å²) >= 11 is 0. The van der Waals surface area contributed by atoms with Crippen molar-refractivity contribution in [3.63, 3.8) is 0 Å².